The summed E-state index contributed by atoms with van der Waals surface area (Å²) in [6.45, 7) is 0.908. The Balaban J connectivity index is 3.13. The van der Waals surface area contributed by atoms with Crippen molar-refractivity contribution in [1.82, 2.24) is 4.31 Å². The Labute approximate surface area is 99.1 Å². The smallest absolute Gasteiger partial charge is 0.252 e. The molecule has 96 valence electrons. The van der Waals surface area contributed by atoms with Gasteiger partial charge < -0.3 is 5.73 Å². The van der Waals surface area contributed by atoms with E-state index in [0.717, 1.165) is 12.6 Å². The number of sulfonamides is 1. The van der Waals surface area contributed by atoms with Crippen LogP contribution in [0.4, 0.5) is 14.5 Å². The highest BCUT2D eigenvalue weighted by Gasteiger charge is 2.25. The third kappa shape index (κ3) is 3.13. The molecule has 0 saturated heterocycles. The lowest BCUT2D eigenvalue weighted by Gasteiger charge is -2.17. The van der Waals surface area contributed by atoms with Crippen molar-refractivity contribution in [3.63, 3.8) is 0 Å². The average Bonchev–Trinajstić information content (AvgIpc) is 2.15. The van der Waals surface area contributed by atoms with Gasteiger partial charge in [-0.25, -0.2) is 17.2 Å². The van der Waals surface area contributed by atoms with Crippen molar-refractivity contribution in [2.24, 2.45) is 0 Å². The Bertz CT molecular complexity index is 503. The quantitative estimate of drug-likeness (QED) is 0.837. The molecule has 0 heterocycles. The van der Waals surface area contributed by atoms with Gasteiger partial charge in [-0.2, -0.15) is 4.31 Å². The molecule has 0 spiro atoms. The zero-order valence-corrected chi connectivity index (χ0v) is 10.3. The van der Waals surface area contributed by atoms with E-state index in [0.29, 0.717) is 4.31 Å². The molecule has 4 nitrogen and oxygen atoms in total. The molecular formula is C10H14F2N2O2S. The number of benzene rings is 1. The Morgan fingerprint density at radius 2 is 2.00 bits per heavy atom. The summed E-state index contributed by atoms with van der Waals surface area (Å²) in [6, 6.07) is 4.38. The Morgan fingerprint density at radius 3 is 2.47 bits per heavy atom. The van der Waals surface area contributed by atoms with Crippen LogP contribution < -0.4 is 5.73 Å². The number of rotatable bonds is 4. The summed E-state index contributed by atoms with van der Waals surface area (Å²) in [4.78, 5) is -0.147. The van der Waals surface area contributed by atoms with Crippen LogP contribution in [-0.4, -0.2) is 32.7 Å². The molecule has 0 aliphatic heterocycles. The highest BCUT2D eigenvalue weighted by atomic mass is 32.2. The van der Waals surface area contributed by atoms with E-state index in [1.807, 2.05) is 0 Å². The van der Waals surface area contributed by atoms with Crippen LogP contribution in [0, 0.1) is 6.92 Å². The minimum atomic E-state index is -3.95. The van der Waals surface area contributed by atoms with Crippen LogP contribution in [0.3, 0.4) is 0 Å². The number of alkyl halides is 2. The molecule has 0 fully saturated rings. The van der Waals surface area contributed by atoms with Crippen LogP contribution in [0.5, 0.6) is 0 Å². The predicted octanol–water partition coefficient (Wildman–Crippen LogP) is 1.46. The average molecular weight is 264 g/mol. The largest absolute Gasteiger partial charge is 0.398 e. The molecule has 0 amide bonds. The van der Waals surface area contributed by atoms with Crippen LogP contribution >= 0.6 is 0 Å². The van der Waals surface area contributed by atoms with Gasteiger partial charge in [-0.05, 0) is 24.6 Å². The first-order valence-electron chi connectivity index (χ1n) is 4.85. The van der Waals surface area contributed by atoms with Crippen LogP contribution in [-0.2, 0) is 10.0 Å². The standard InChI is InChI=1S/C10H14F2N2O2S/c1-7-3-4-9(8(13)5-7)17(15,16)14(2)6-10(11)12/h3-5,10H,6,13H2,1-2H3. The summed E-state index contributed by atoms with van der Waals surface area (Å²) in [5, 5.41) is 0. The van der Waals surface area contributed by atoms with Gasteiger partial charge in [0, 0.05) is 7.05 Å². The summed E-state index contributed by atoms with van der Waals surface area (Å²) >= 11 is 0. The molecule has 7 heteroatoms. The normalized spacial score (nSPS) is 12.4. The molecular weight excluding hydrogens is 250 g/mol. The fraction of sp³-hybridized carbons (Fsp3) is 0.400. The van der Waals surface area contributed by atoms with Gasteiger partial charge >= 0.3 is 0 Å². The Kier molecular flexibility index (Phi) is 4.05. The minimum Gasteiger partial charge on any atom is -0.398 e. The molecule has 1 aromatic carbocycles. The monoisotopic (exact) mass is 264 g/mol. The SMILES string of the molecule is Cc1ccc(S(=O)(=O)N(C)CC(F)F)c(N)c1. The van der Waals surface area contributed by atoms with E-state index in [-0.39, 0.29) is 10.6 Å². The molecule has 0 bridgehead atoms. The number of nitrogen functional groups attached to an aromatic ring is 1. The summed E-state index contributed by atoms with van der Waals surface area (Å²) in [6.07, 6.45) is -2.72. The van der Waals surface area contributed by atoms with Crippen molar-refractivity contribution in [3.8, 4) is 0 Å². The maximum Gasteiger partial charge on any atom is 0.252 e. The maximum absolute atomic E-state index is 12.2. The van der Waals surface area contributed by atoms with Crippen molar-refractivity contribution >= 4 is 15.7 Å². The molecule has 0 saturated carbocycles. The van der Waals surface area contributed by atoms with Crippen LogP contribution in [0.2, 0.25) is 0 Å². The second kappa shape index (κ2) is 4.97. The first kappa shape index (κ1) is 13.9. The van der Waals surface area contributed by atoms with Gasteiger partial charge in [0.2, 0.25) is 10.0 Å². The van der Waals surface area contributed by atoms with Gasteiger partial charge in [0.15, 0.2) is 0 Å². The van der Waals surface area contributed by atoms with E-state index in [1.54, 1.807) is 13.0 Å². The minimum absolute atomic E-state index is 0.0612. The van der Waals surface area contributed by atoms with E-state index in [4.69, 9.17) is 5.73 Å². The zero-order chi connectivity index (χ0) is 13.2. The summed E-state index contributed by atoms with van der Waals surface area (Å²) in [5.41, 5.74) is 6.45. The fourth-order valence-corrected chi connectivity index (χ4v) is 2.60. The molecule has 17 heavy (non-hydrogen) atoms. The van der Waals surface area contributed by atoms with Gasteiger partial charge in [-0.15, -0.1) is 0 Å². The van der Waals surface area contributed by atoms with Crippen molar-refractivity contribution in [3.05, 3.63) is 23.8 Å². The number of halogens is 2. The molecule has 1 rings (SSSR count). The van der Waals surface area contributed by atoms with Crippen molar-refractivity contribution < 1.29 is 17.2 Å². The van der Waals surface area contributed by atoms with Gasteiger partial charge in [0.05, 0.1) is 12.2 Å². The molecule has 2 N–H and O–H groups in total. The van der Waals surface area contributed by atoms with E-state index >= 15 is 0 Å². The summed E-state index contributed by atoms with van der Waals surface area (Å²) < 4.78 is 48.7. The molecule has 0 atom stereocenters. The maximum atomic E-state index is 12.2. The zero-order valence-electron chi connectivity index (χ0n) is 9.52. The highest BCUT2D eigenvalue weighted by Crippen LogP contribution is 2.22. The summed E-state index contributed by atoms with van der Waals surface area (Å²) in [5.74, 6) is 0. The summed E-state index contributed by atoms with van der Waals surface area (Å²) in [7, 11) is -2.86. The number of hydrogen-bond donors (Lipinski definition) is 1. The lowest BCUT2D eigenvalue weighted by atomic mass is 10.2. The fourth-order valence-electron chi connectivity index (χ4n) is 1.36. The first-order valence-corrected chi connectivity index (χ1v) is 6.29. The van der Waals surface area contributed by atoms with Gasteiger partial charge in [0.1, 0.15) is 4.90 Å². The molecule has 1 aromatic rings. The third-order valence-corrected chi connectivity index (χ3v) is 4.15. The first-order chi connectivity index (χ1) is 7.75. The highest BCUT2D eigenvalue weighted by molar-refractivity contribution is 7.89. The number of nitrogens with two attached hydrogens (primary N) is 1. The number of nitrogens with zero attached hydrogens (tertiary/aromatic N) is 1. The predicted molar refractivity (Wildman–Crippen MR) is 61.4 cm³/mol. The molecule has 0 aliphatic carbocycles. The Morgan fingerprint density at radius 1 is 1.41 bits per heavy atom. The van der Waals surface area contributed by atoms with E-state index in [9.17, 15) is 17.2 Å². The Hall–Kier alpha value is -1.21. The van der Waals surface area contributed by atoms with Crippen molar-refractivity contribution in [1.29, 1.82) is 0 Å². The molecule has 0 aromatic heterocycles. The topological polar surface area (TPSA) is 63.4 Å². The van der Waals surface area contributed by atoms with E-state index in [2.05, 4.69) is 0 Å². The number of aryl methyl sites for hydroxylation is 1. The van der Waals surface area contributed by atoms with Crippen LogP contribution in [0.1, 0.15) is 5.56 Å². The number of hydrogen-bond acceptors (Lipinski definition) is 3. The van der Waals surface area contributed by atoms with Crippen molar-refractivity contribution in [2.75, 3.05) is 19.3 Å². The molecule has 0 unspecified atom stereocenters. The van der Waals surface area contributed by atoms with Crippen LogP contribution in [0.15, 0.2) is 23.1 Å². The second-order valence-corrected chi connectivity index (χ2v) is 5.73. The van der Waals surface area contributed by atoms with Gasteiger partial charge in [-0.1, -0.05) is 6.07 Å². The third-order valence-electron chi connectivity index (χ3n) is 2.25. The molecule has 0 aliphatic rings. The van der Waals surface area contributed by atoms with E-state index < -0.39 is 23.0 Å². The van der Waals surface area contributed by atoms with E-state index in [1.165, 1.54) is 12.1 Å². The molecule has 0 radical (unpaired) electrons. The van der Waals surface area contributed by atoms with Gasteiger partial charge in [-0.3, -0.25) is 0 Å². The lowest BCUT2D eigenvalue weighted by Crippen LogP contribution is -2.31. The second-order valence-electron chi connectivity index (χ2n) is 3.72. The van der Waals surface area contributed by atoms with Crippen molar-refractivity contribution in [2.45, 2.75) is 18.2 Å². The lowest BCUT2D eigenvalue weighted by molar-refractivity contribution is 0.126. The number of anilines is 1. The van der Waals surface area contributed by atoms with Crippen LogP contribution in [0.25, 0.3) is 0 Å². The van der Waals surface area contributed by atoms with Gasteiger partial charge in [0.25, 0.3) is 6.43 Å².